The van der Waals surface area contributed by atoms with Crippen LogP contribution in [0.4, 0.5) is 0 Å². The molecule has 2 rings (SSSR count). The normalized spacial score (nSPS) is 10.4. The topological polar surface area (TPSA) is 34.9 Å². The Hall–Kier alpha value is -1.13. The molecule has 1 aromatic carbocycles. The van der Waals surface area contributed by atoms with Crippen LogP contribution in [0.25, 0.3) is 11.3 Å². The maximum Gasteiger partial charge on any atom is 0.155 e. The Balaban J connectivity index is 2.69. The van der Waals surface area contributed by atoms with Gasteiger partial charge in [0.2, 0.25) is 0 Å². The molecule has 0 amide bonds. The van der Waals surface area contributed by atoms with Crippen LogP contribution in [0.1, 0.15) is 10.4 Å². The molecule has 0 spiro atoms. The molecule has 0 unspecified atom stereocenters. The molecule has 0 atom stereocenters. The number of aryl methyl sites for hydroxylation is 1. The molecule has 3 nitrogen and oxygen atoms in total. The molecule has 0 aliphatic carbocycles. The van der Waals surface area contributed by atoms with E-state index in [4.69, 9.17) is 11.6 Å². The Morgan fingerprint density at radius 3 is 2.75 bits per heavy atom. The Morgan fingerprint density at radius 2 is 2.12 bits per heavy atom. The Morgan fingerprint density at radius 1 is 1.44 bits per heavy atom. The standard InChI is InChI=1S/C11H8BrClN2O/c1-15-11(13)8(6-16)10(14-15)7-4-2-3-5-9(7)12/h2-6H,1H3. The average molecular weight is 300 g/mol. The zero-order valence-corrected chi connectivity index (χ0v) is 10.8. The molecule has 0 N–H and O–H groups in total. The van der Waals surface area contributed by atoms with E-state index in [2.05, 4.69) is 21.0 Å². The molecule has 0 fully saturated rings. The first-order valence-electron chi connectivity index (χ1n) is 4.57. The summed E-state index contributed by atoms with van der Waals surface area (Å²) in [5.74, 6) is 0. The Labute approximate surface area is 106 Å². The summed E-state index contributed by atoms with van der Waals surface area (Å²) < 4.78 is 2.37. The first-order chi connectivity index (χ1) is 7.65. The maximum absolute atomic E-state index is 11.0. The second-order valence-electron chi connectivity index (χ2n) is 3.27. The maximum atomic E-state index is 11.0. The second-order valence-corrected chi connectivity index (χ2v) is 4.49. The highest BCUT2D eigenvalue weighted by molar-refractivity contribution is 9.10. The van der Waals surface area contributed by atoms with Gasteiger partial charge in [-0.2, -0.15) is 5.10 Å². The number of aldehydes is 1. The summed E-state index contributed by atoms with van der Waals surface area (Å²) in [5.41, 5.74) is 1.86. The molecule has 82 valence electrons. The minimum atomic E-state index is 0.348. The number of halogens is 2. The van der Waals surface area contributed by atoms with E-state index in [9.17, 15) is 4.79 Å². The number of nitrogens with zero attached hydrogens (tertiary/aromatic N) is 2. The molecule has 1 aromatic heterocycles. The van der Waals surface area contributed by atoms with Crippen molar-refractivity contribution in [2.45, 2.75) is 0 Å². The van der Waals surface area contributed by atoms with Gasteiger partial charge in [0.1, 0.15) is 10.8 Å². The van der Waals surface area contributed by atoms with E-state index < -0.39 is 0 Å². The molecule has 0 aliphatic heterocycles. The first-order valence-corrected chi connectivity index (χ1v) is 5.75. The molecule has 0 saturated carbocycles. The predicted molar refractivity (Wildman–Crippen MR) is 66.7 cm³/mol. The summed E-state index contributed by atoms with van der Waals surface area (Å²) in [6.07, 6.45) is 0.726. The number of aromatic nitrogens is 2. The summed E-state index contributed by atoms with van der Waals surface area (Å²) in [5, 5.41) is 4.58. The molecule has 1 heterocycles. The molecule has 0 bridgehead atoms. The van der Waals surface area contributed by atoms with Gasteiger partial charge in [0.25, 0.3) is 0 Å². The van der Waals surface area contributed by atoms with Crippen LogP contribution in [0, 0.1) is 0 Å². The lowest BCUT2D eigenvalue weighted by Crippen LogP contribution is -1.89. The average Bonchev–Trinajstić information content (AvgIpc) is 2.56. The van der Waals surface area contributed by atoms with E-state index >= 15 is 0 Å². The van der Waals surface area contributed by atoms with Gasteiger partial charge < -0.3 is 0 Å². The number of carbonyl (C=O) groups is 1. The third-order valence-corrected chi connectivity index (χ3v) is 3.40. The van der Waals surface area contributed by atoms with Crippen molar-refractivity contribution in [1.82, 2.24) is 9.78 Å². The molecule has 16 heavy (non-hydrogen) atoms. The highest BCUT2D eigenvalue weighted by Gasteiger charge is 2.16. The minimum Gasteiger partial charge on any atom is -0.298 e. The molecule has 0 aliphatic rings. The van der Waals surface area contributed by atoms with Gasteiger partial charge >= 0.3 is 0 Å². The van der Waals surface area contributed by atoms with Crippen molar-refractivity contribution in [2.75, 3.05) is 0 Å². The fourth-order valence-electron chi connectivity index (χ4n) is 1.48. The van der Waals surface area contributed by atoms with Gasteiger partial charge in [-0.3, -0.25) is 9.48 Å². The Bertz CT molecular complexity index is 551. The number of hydrogen-bond acceptors (Lipinski definition) is 2. The lowest BCUT2D eigenvalue weighted by atomic mass is 10.1. The zero-order valence-electron chi connectivity index (χ0n) is 8.45. The van der Waals surface area contributed by atoms with Crippen molar-refractivity contribution in [3.8, 4) is 11.3 Å². The molecule has 0 radical (unpaired) electrons. The summed E-state index contributed by atoms with van der Waals surface area (Å²) in [6.45, 7) is 0. The molecule has 0 saturated heterocycles. The summed E-state index contributed by atoms with van der Waals surface area (Å²) in [6, 6.07) is 7.57. The lowest BCUT2D eigenvalue weighted by Gasteiger charge is -2.00. The van der Waals surface area contributed by atoms with Gasteiger partial charge in [-0.1, -0.05) is 45.7 Å². The van der Waals surface area contributed by atoms with E-state index in [1.807, 2.05) is 24.3 Å². The summed E-state index contributed by atoms with van der Waals surface area (Å²) >= 11 is 9.39. The van der Waals surface area contributed by atoms with E-state index in [1.165, 1.54) is 4.68 Å². The van der Waals surface area contributed by atoms with Gasteiger partial charge in [-0.15, -0.1) is 0 Å². The largest absolute Gasteiger partial charge is 0.298 e. The third kappa shape index (κ3) is 1.79. The molecule has 2 aromatic rings. The summed E-state index contributed by atoms with van der Waals surface area (Å²) in [4.78, 5) is 11.0. The smallest absolute Gasteiger partial charge is 0.155 e. The van der Waals surface area contributed by atoms with E-state index in [0.29, 0.717) is 16.4 Å². The van der Waals surface area contributed by atoms with Crippen molar-refractivity contribution >= 4 is 33.8 Å². The Kier molecular flexibility index (Phi) is 3.12. The zero-order chi connectivity index (χ0) is 11.7. The van der Waals surface area contributed by atoms with E-state index in [1.54, 1.807) is 7.05 Å². The fraction of sp³-hybridized carbons (Fsp3) is 0.0909. The fourth-order valence-corrected chi connectivity index (χ4v) is 2.12. The third-order valence-electron chi connectivity index (χ3n) is 2.26. The minimum absolute atomic E-state index is 0.348. The van der Waals surface area contributed by atoms with Gasteiger partial charge in [0, 0.05) is 17.1 Å². The van der Waals surface area contributed by atoms with Crippen molar-refractivity contribution in [3.63, 3.8) is 0 Å². The number of benzene rings is 1. The van der Waals surface area contributed by atoms with Crippen molar-refractivity contribution in [2.24, 2.45) is 7.05 Å². The van der Waals surface area contributed by atoms with Crippen LogP contribution in [0.3, 0.4) is 0 Å². The lowest BCUT2D eigenvalue weighted by molar-refractivity contribution is 0.112. The van der Waals surface area contributed by atoms with Crippen molar-refractivity contribution in [1.29, 1.82) is 0 Å². The molecular formula is C11H8BrClN2O. The van der Waals surface area contributed by atoms with Crippen LogP contribution in [0.15, 0.2) is 28.7 Å². The van der Waals surface area contributed by atoms with Crippen LogP contribution < -0.4 is 0 Å². The summed E-state index contributed by atoms with van der Waals surface area (Å²) in [7, 11) is 1.70. The van der Waals surface area contributed by atoms with Gasteiger partial charge in [0.15, 0.2) is 6.29 Å². The van der Waals surface area contributed by atoms with Gasteiger partial charge in [-0.05, 0) is 6.07 Å². The number of carbonyl (C=O) groups excluding carboxylic acids is 1. The van der Waals surface area contributed by atoms with Crippen LogP contribution in [0.2, 0.25) is 5.15 Å². The van der Waals surface area contributed by atoms with Gasteiger partial charge in [-0.25, -0.2) is 0 Å². The molecular weight excluding hydrogens is 291 g/mol. The monoisotopic (exact) mass is 298 g/mol. The molecule has 5 heteroatoms. The predicted octanol–water partition coefficient (Wildman–Crippen LogP) is 3.32. The van der Waals surface area contributed by atoms with Crippen LogP contribution in [-0.4, -0.2) is 16.1 Å². The van der Waals surface area contributed by atoms with Crippen molar-refractivity contribution < 1.29 is 4.79 Å². The van der Waals surface area contributed by atoms with Crippen LogP contribution in [0.5, 0.6) is 0 Å². The number of rotatable bonds is 2. The van der Waals surface area contributed by atoms with E-state index in [-0.39, 0.29) is 0 Å². The van der Waals surface area contributed by atoms with Crippen LogP contribution >= 0.6 is 27.5 Å². The highest BCUT2D eigenvalue weighted by atomic mass is 79.9. The number of hydrogen-bond donors (Lipinski definition) is 0. The second kappa shape index (κ2) is 4.39. The van der Waals surface area contributed by atoms with Gasteiger partial charge in [0.05, 0.1) is 5.56 Å². The van der Waals surface area contributed by atoms with E-state index in [0.717, 1.165) is 16.3 Å². The highest BCUT2D eigenvalue weighted by Crippen LogP contribution is 2.31. The van der Waals surface area contributed by atoms with Crippen molar-refractivity contribution in [3.05, 3.63) is 39.5 Å². The SMILES string of the molecule is Cn1nc(-c2ccccc2Br)c(C=O)c1Cl. The first kappa shape index (κ1) is 11.4. The van der Waals surface area contributed by atoms with Crippen LogP contribution in [-0.2, 0) is 7.05 Å². The quantitative estimate of drug-likeness (QED) is 0.797.